The van der Waals surface area contributed by atoms with Gasteiger partial charge in [0.25, 0.3) is 0 Å². The van der Waals surface area contributed by atoms with E-state index in [-0.39, 0.29) is 0 Å². The van der Waals surface area contributed by atoms with Gasteiger partial charge in [-0.1, -0.05) is 25.6 Å². The number of nitrogens with zero attached hydrogens (tertiary/aromatic N) is 3. The largest absolute Gasteiger partial charge is 0.497 e. The Hall–Kier alpha value is -1.89. The van der Waals surface area contributed by atoms with Gasteiger partial charge in [0.05, 0.1) is 19.8 Å². The first-order valence-electron chi connectivity index (χ1n) is 6.62. The van der Waals surface area contributed by atoms with Crippen LogP contribution in [0, 0.1) is 5.92 Å². The molecule has 0 saturated carbocycles. The number of hydrogen-bond acceptors (Lipinski definition) is 6. The van der Waals surface area contributed by atoms with Crippen LogP contribution >= 0.6 is 11.8 Å². The van der Waals surface area contributed by atoms with Gasteiger partial charge in [-0.25, -0.2) is 4.68 Å². The lowest BCUT2D eigenvalue weighted by Crippen LogP contribution is -2.12. The standard InChI is InChI=1S/C14H20N4O2S/c1-9(2)8-21-14-17-16-13(18(14)15)11-6-5-10(19-3)7-12(11)20-4/h5-7,9H,8,15H2,1-4H3. The van der Waals surface area contributed by atoms with Gasteiger partial charge in [-0.2, -0.15) is 0 Å². The number of nitrogens with two attached hydrogens (primary N) is 1. The number of aromatic nitrogens is 3. The van der Waals surface area contributed by atoms with Crippen LogP contribution in [-0.4, -0.2) is 34.8 Å². The van der Waals surface area contributed by atoms with Crippen LogP contribution in [0.4, 0.5) is 0 Å². The minimum Gasteiger partial charge on any atom is -0.497 e. The molecule has 0 fully saturated rings. The highest BCUT2D eigenvalue weighted by molar-refractivity contribution is 7.99. The Bertz CT molecular complexity index is 613. The van der Waals surface area contributed by atoms with Crippen molar-refractivity contribution in [3.8, 4) is 22.9 Å². The fourth-order valence-corrected chi connectivity index (χ4v) is 2.59. The molecule has 0 atom stereocenters. The highest BCUT2D eigenvalue weighted by Crippen LogP contribution is 2.33. The summed E-state index contributed by atoms with van der Waals surface area (Å²) in [5, 5.41) is 9.01. The Morgan fingerprint density at radius 2 is 2.00 bits per heavy atom. The first-order valence-corrected chi connectivity index (χ1v) is 7.61. The number of benzene rings is 1. The summed E-state index contributed by atoms with van der Waals surface area (Å²) < 4.78 is 12.1. The molecular formula is C14H20N4O2S. The molecule has 1 heterocycles. The number of methoxy groups -OCH3 is 2. The Morgan fingerprint density at radius 3 is 2.62 bits per heavy atom. The molecule has 0 aliphatic carbocycles. The molecule has 2 N–H and O–H groups in total. The molecule has 6 nitrogen and oxygen atoms in total. The second-order valence-corrected chi connectivity index (χ2v) is 5.93. The second kappa shape index (κ2) is 6.71. The van der Waals surface area contributed by atoms with E-state index in [0.717, 1.165) is 11.3 Å². The molecule has 0 radical (unpaired) electrons. The summed E-state index contributed by atoms with van der Waals surface area (Å²) >= 11 is 1.59. The fraction of sp³-hybridized carbons (Fsp3) is 0.429. The van der Waals surface area contributed by atoms with Crippen molar-refractivity contribution < 1.29 is 9.47 Å². The van der Waals surface area contributed by atoms with Crippen molar-refractivity contribution in [1.29, 1.82) is 0 Å². The summed E-state index contributed by atoms with van der Waals surface area (Å²) in [5.74, 6) is 9.53. The van der Waals surface area contributed by atoms with Crippen LogP contribution in [0.25, 0.3) is 11.4 Å². The molecule has 0 saturated heterocycles. The molecule has 114 valence electrons. The molecule has 0 aliphatic rings. The average Bonchev–Trinajstić information content (AvgIpc) is 2.85. The van der Waals surface area contributed by atoms with E-state index >= 15 is 0 Å². The maximum Gasteiger partial charge on any atom is 0.210 e. The summed E-state index contributed by atoms with van der Waals surface area (Å²) in [5.41, 5.74) is 0.782. The summed E-state index contributed by atoms with van der Waals surface area (Å²) in [7, 11) is 3.21. The van der Waals surface area contributed by atoms with Crippen molar-refractivity contribution in [3.05, 3.63) is 18.2 Å². The van der Waals surface area contributed by atoms with Crippen LogP contribution < -0.4 is 15.3 Å². The smallest absolute Gasteiger partial charge is 0.210 e. The van der Waals surface area contributed by atoms with Crippen molar-refractivity contribution in [2.45, 2.75) is 19.0 Å². The molecule has 2 rings (SSSR count). The highest BCUT2D eigenvalue weighted by atomic mass is 32.2. The third-order valence-electron chi connectivity index (χ3n) is 2.86. The molecule has 0 aliphatic heterocycles. The van der Waals surface area contributed by atoms with E-state index in [0.29, 0.717) is 28.4 Å². The molecule has 1 aromatic carbocycles. The van der Waals surface area contributed by atoms with E-state index in [1.807, 2.05) is 12.1 Å². The molecule has 1 aromatic heterocycles. The normalized spacial score (nSPS) is 10.9. The van der Waals surface area contributed by atoms with Crippen molar-refractivity contribution in [1.82, 2.24) is 14.9 Å². The van der Waals surface area contributed by atoms with E-state index in [1.165, 1.54) is 4.68 Å². The van der Waals surface area contributed by atoms with Gasteiger partial charge in [-0.05, 0) is 18.1 Å². The Morgan fingerprint density at radius 1 is 1.24 bits per heavy atom. The number of ether oxygens (including phenoxy) is 2. The van der Waals surface area contributed by atoms with E-state index in [9.17, 15) is 0 Å². The van der Waals surface area contributed by atoms with Gasteiger partial charge in [-0.15, -0.1) is 10.2 Å². The monoisotopic (exact) mass is 308 g/mol. The van der Waals surface area contributed by atoms with Gasteiger partial charge in [0.15, 0.2) is 5.82 Å². The van der Waals surface area contributed by atoms with Crippen molar-refractivity contribution >= 4 is 11.8 Å². The van der Waals surface area contributed by atoms with Crippen LogP contribution in [0.5, 0.6) is 11.5 Å². The zero-order chi connectivity index (χ0) is 15.4. The van der Waals surface area contributed by atoms with Gasteiger partial charge >= 0.3 is 0 Å². The predicted octanol–water partition coefficient (Wildman–Crippen LogP) is 2.42. The number of nitrogen functional groups attached to an aromatic ring is 1. The summed E-state index contributed by atoms with van der Waals surface area (Å²) in [6.07, 6.45) is 0. The molecule has 0 unspecified atom stereocenters. The lowest BCUT2D eigenvalue weighted by molar-refractivity contribution is 0.395. The van der Waals surface area contributed by atoms with Crippen LogP contribution in [-0.2, 0) is 0 Å². The third-order valence-corrected chi connectivity index (χ3v) is 4.23. The number of hydrogen-bond donors (Lipinski definition) is 1. The maximum atomic E-state index is 6.10. The van der Waals surface area contributed by atoms with Crippen LogP contribution in [0.3, 0.4) is 0 Å². The molecule has 0 amide bonds. The molecule has 2 aromatic rings. The van der Waals surface area contributed by atoms with Crippen LogP contribution in [0.15, 0.2) is 23.4 Å². The minimum atomic E-state index is 0.561. The van der Waals surface area contributed by atoms with E-state index in [1.54, 1.807) is 32.0 Å². The van der Waals surface area contributed by atoms with Crippen molar-refractivity contribution in [2.24, 2.45) is 5.92 Å². The van der Waals surface area contributed by atoms with Crippen LogP contribution in [0.1, 0.15) is 13.8 Å². The third kappa shape index (κ3) is 3.41. The van der Waals surface area contributed by atoms with Gasteiger partial charge in [0, 0.05) is 11.8 Å². The number of thioether (sulfide) groups is 1. The minimum absolute atomic E-state index is 0.561. The molecule has 0 spiro atoms. The van der Waals surface area contributed by atoms with E-state index in [4.69, 9.17) is 15.3 Å². The van der Waals surface area contributed by atoms with E-state index < -0.39 is 0 Å². The Kier molecular flexibility index (Phi) is 4.95. The van der Waals surface area contributed by atoms with Gasteiger partial charge in [0.2, 0.25) is 5.16 Å². The lowest BCUT2D eigenvalue weighted by Gasteiger charge is -2.10. The summed E-state index contributed by atoms with van der Waals surface area (Å²) in [6.45, 7) is 4.30. The summed E-state index contributed by atoms with van der Waals surface area (Å²) in [6, 6.07) is 5.50. The zero-order valence-electron chi connectivity index (χ0n) is 12.7. The molecular weight excluding hydrogens is 288 g/mol. The quantitative estimate of drug-likeness (QED) is 0.652. The summed E-state index contributed by atoms with van der Waals surface area (Å²) in [4.78, 5) is 0. The van der Waals surface area contributed by atoms with Gasteiger partial charge in [0.1, 0.15) is 11.5 Å². The second-order valence-electron chi connectivity index (χ2n) is 4.95. The predicted molar refractivity (Wildman–Crippen MR) is 84.3 cm³/mol. The van der Waals surface area contributed by atoms with Crippen molar-refractivity contribution in [2.75, 3.05) is 25.8 Å². The first kappa shape index (κ1) is 15.5. The first-order chi connectivity index (χ1) is 10.1. The van der Waals surface area contributed by atoms with E-state index in [2.05, 4.69) is 24.0 Å². The maximum absolute atomic E-state index is 6.10. The SMILES string of the molecule is COc1ccc(-c2nnc(SCC(C)C)n2N)c(OC)c1. The molecule has 0 bridgehead atoms. The van der Waals surface area contributed by atoms with Gasteiger partial charge < -0.3 is 15.3 Å². The van der Waals surface area contributed by atoms with Crippen molar-refractivity contribution in [3.63, 3.8) is 0 Å². The Balaban J connectivity index is 2.34. The Labute approximate surface area is 128 Å². The average molecular weight is 308 g/mol. The molecule has 7 heteroatoms. The van der Waals surface area contributed by atoms with Crippen LogP contribution in [0.2, 0.25) is 0 Å². The number of rotatable bonds is 6. The van der Waals surface area contributed by atoms with Gasteiger partial charge in [-0.3, -0.25) is 0 Å². The fourth-order valence-electron chi connectivity index (χ4n) is 1.78. The topological polar surface area (TPSA) is 75.2 Å². The zero-order valence-corrected chi connectivity index (χ0v) is 13.5. The lowest BCUT2D eigenvalue weighted by atomic mass is 10.2. The highest BCUT2D eigenvalue weighted by Gasteiger charge is 2.16. The molecule has 21 heavy (non-hydrogen) atoms.